The van der Waals surface area contributed by atoms with Crippen molar-refractivity contribution in [1.82, 2.24) is 24.9 Å². The van der Waals surface area contributed by atoms with Crippen LogP contribution in [0.15, 0.2) is 73.2 Å². The van der Waals surface area contributed by atoms with Crippen LogP contribution in [0.5, 0.6) is 5.75 Å². The molecule has 0 saturated carbocycles. The molecular formula is C25H23N5O2. The lowest BCUT2D eigenvalue weighted by atomic mass is 9.90. The van der Waals surface area contributed by atoms with Gasteiger partial charge in [0.15, 0.2) is 5.65 Å². The number of hydrogen-bond acceptors (Lipinski definition) is 4. The van der Waals surface area contributed by atoms with E-state index in [0.29, 0.717) is 23.4 Å². The van der Waals surface area contributed by atoms with Crippen LogP contribution in [-0.2, 0) is 0 Å². The zero-order valence-electron chi connectivity index (χ0n) is 17.9. The molecular weight excluding hydrogens is 402 g/mol. The van der Waals surface area contributed by atoms with Gasteiger partial charge in [-0.3, -0.25) is 4.79 Å². The Balaban J connectivity index is 1.49. The third-order valence-electron chi connectivity index (χ3n) is 5.78. The lowest BCUT2D eigenvalue weighted by Crippen LogP contribution is -2.29. The molecule has 7 nitrogen and oxygen atoms in total. The molecule has 5 aromatic rings. The molecule has 0 fully saturated rings. The third kappa shape index (κ3) is 3.47. The molecule has 5 rings (SSSR count). The molecule has 2 N–H and O–H groups in total. The highest BCUT2D eigenvalue weighted by Crippen LogP contribution is 2.31. The molecule has 3 aromatic heterocycles. The van der Waals surface area contributed by atoms with Gasteiger partial charge >= 0.3 is 0 Å². The van der Waals surface area contributed by atoms with E-state index in [4.69, 9.17) is 4.74 Å². The summed E-state index contributed by atoms with van der Waals surface area (Å²) in [4.78, 5) is 20.9. The molecule has 0 aliphatic carbocycles. The second-order valence-corrected chi connectivity index (χ2v) is 7.67. The van der Waals surface area contributed by atoms with E-state index in [2.05, 4.69) is 32.5 Å². The van der Waals surface area contributed by atoms with Crippen molar-refractivity contribution in [3.8, 4) is 5.75 Å². The summed E-state index contributed by atoms with van der Waals surface area (Å²) in [6.45, 7) is 2.25. The van der Waals surface area contributed by atoms with Crippen molar-refractivity contribution in [1.29, 1.82) is 0 Å². The van der Waals surface area contributed by atoms with Gasteiger partial charge in [-0.15, -0.1) is 0 Å². The molecule has 0 radical (unpaired) electrons. The second-order valence-electron chi connectivity index (χ2n) is 7.67. The van der Waals surface area contributed by atoms with E-state index in [1.807, 2.05) is 49.5 Å². The topological polar surface area (TPSA) is 84.3 Å². The van der Waals surface area contributed by atoms with Crippen LogP contribution in [0, 0.1) is 6.92 Å². The molecule has 0 saturated heterocycles. The molecule has 1 atom stereocenters. The highest BCUT2D eigenvalue weighted by molar-refractivity contribution is 6.01. The number of nitrogens with one attached hydrogen (secondary N) is 2. The predicted octanol–water partition coefficient (Wildman–Crippen LogP) is 4.09. The Kier molecular flexibility index (Phi) is 5.07. The maximum Gasteiger partial charge on any atom is 0.257 e. The third-order valence-corrected chi connectivity index (χ3v) is 5.78. The SMILES string of the molecule is COc1ccc(C(CNC(=O)c2c(C)nn3cccnc23)c2c[nH]c3ccccc23)cc1. The van der Waals surface area contributed by atoms with Crippen LogP contribution in [-0.4, -0.2) is 39.1 Å². The molecule has 0 spiro atoms. The van der Waals surface area contributed by atoms with Crippen molar-refractivity contribution in [2.45, 2.75) is 12.8 Å². The van der Waals surface area contributed by atoms with Crippen molar-refractivity contribution in [2.24, 2.45) is 0 Å². The summed E-state index contributed by atoms with van der Waals surface area (Å²) in [7, 11) is 1.65. The van der Waals surface area contributed by atoms with E-state index < -0.39 is 0 Å². The summed E-state index contributed by atoms with van der Waals surface area (Å²) in [5, 5.41) is 8.66. The first-order valence-corrected chi connectivity index (χ1v) is 10.4. The number of methoxy groups -OCH3 is 1. The number of para-hydroxylation sites is 1. The van der Waals surface area contributed by atoms with Crippen LogP contribution in [0.1, 0.15) is 33.1 Å². The van der Waals surface area contributed by atoms with Crippen molar-refractivity contribution in [3.05, 3.63) is 95.6 Å². The fraction of sp³-hybridized carbons (Fsp3) is 0.160. The molecule has 2 aromatic carbocycles. The van der Waals surface area contributed by atoms with Gasteiger partial charge in [-0.1, -0.05) is 30.3 Å². The molecule has 160 valence electrons. The molecule has 1 amide bonds. The van der Waals surface area contributed by atoms with Crippen LogP contribution >= 0.6 is 0 Å². The van der Waals surface area contributed by atoms with E-state index in [1.165, 1.54) is 0 Å². The van der Waals surface area contributed by atoms with E-state index >= 15 is 0 Å². The lowest BCUT2D eigenvalue weighted by molar-refractivity contribution is 0.0953. The number of hydrogen-bond donors (Lipinski definition) is 2. The van der Waals surface area contributed by atoms with Gasteiger partial charge in [0.1, 0.15) is 11.3 Å². The number of aromatic amines is 1. The Bertz CT molecular complexity index is 1400. The van der Waals surface area contributed by atoms with Gasteiger partial charge in [-0.05, 0) is 42.3 Å². The molecule has 7 heteroatoms. The number of aryl methyl sites for hydroxylation is 1. The number of amides is 1. The summed E-state index contributed by atoms with van der Waals surface area (Å²) < 4.78 is 6.95. The summed E-state index contributed by atoms with van der Waals surface area (Å²) in [5.41, 5.74) is 4.98. The van der Waals surface area contributed by atoms with Crippen molar-refractivity contribution in [2.75, 3.05) is 13.7 Å². The van der Waals surface area contributed by atoms with Gasteiger partial charge in [-0.2, -0.15) is 5.10 Å². The molecule has 32 heavy (non-hydrogen) atoms. The Morgan fingerprint density at radius 1 is 1.16 bits per heavy atom. The maximum absolute atomic E-state index is 13.2. The summed E-state index contributed by atoms with van der Waals surface area (Å²) in [6, 6.07) is 17.9. The number of carbonyl (C=O) groups excluding carboxylic acids is 1. The van der Waals surface area contributed by atoms with Crippen molar-refractivity contribution >= 4 is 22.5 Å². The van der Waals surface area contributed by atoms with E-state index in [1.54, 1.807) is 30.1 Å². The zero-order valence-corrected chi connectivity index (χ0v) is 17.9. The average Bonchev–Trinajstić information content (AvgIpc) is 3.40. The number of fused-ring (bicyclic) bond motifs is 2. The number of benzene rings is 2. The number of aromatic nitrogens is 4. The number of H-pyrrole nitrogens is 1. The zero-order chi connectivity index (χ0) is 22.1. The van der Waals surface area contributed by atoms with Crippen LogP contribution in [0.3, 0.4) is 0 Å². The Hall–Kier alpha value is -4.13. The summed E-state index contributed by atoms with van der Waals surface area (Å²) >= 11 is 0. The Labute approximate surface area is 185 Å². The smallest absolute Gasteiger partial charge is 0.257 e. The fourth-order valence-corrected chi connectivity index (χ4v) is 4.17. The Morgan fingerprint density at radius 3 is 2.78 bits per heavy atom. The quantitative estimate of drug-likeness (QED) is 0.429. The highest BCUT2D eigenvalue weighted by atomic mass is 16.5. The second kappa shape index (κ2) is 8.19. The minimum Gasteiger partial charge on any atom is -0.497 e. The molecule has 0 bridgehead atoms. The standard InChI is InChI=1S/C25H23N5O2/c1-16-23(24-26-12-5-13-30(24)29-16)25(31)28-14-20(17-8-10-18(32-2)11-9-17)21-15-27-22-7-4-3-6-19(21)22/h3-13,15,20,27H,14H2,1-2H3,(H,28,31). The number of nitrogens with zero attached hydrogens (tertiary/aromatic N) is 3. The van der Waals surface area contributed by atoms with Gasteiger partial charge in [0.2, 0.25) is 0 Å². The Morgan fingerprint density at radius 2 is 1.97 bits per heavy atom. The molecule has 3 heterocycles. The molecule has 1 unspecified atom stereocenters. The summed E-state index contributed by atoms with van der Waals surface area (Å²) in [6.07, 6.45) is 5.48. The van der Waals surface area contributed by atoms with Gasteiger partial charge < -0.3 is 15.0 Å². The van der Waals surface area contributed by atoms with E-state index in [9.17, 15) is 4.79 Å². The maximum atomic E-state index is 13.2. The number of carbonyl (C=O) groups is 1. The lowest BCUT2D eigenvalue weighted by Gasteiger charge is -2.18. The largest absolute Gasteiger partial charge is 0.497 e. The van der Waals surface area contributed by atoms with Crippen LogP contribution in [0.4, 0.5) is 0 Å². The van der Waals surface area contributed by atoms with Crippen LogP contribution < -0.4 is 10.1 Å². The minimum absolute atomic E-state index is 0.0453. The normalized spacial score (nSPS) is 12.2. The van der Waals surface area contributed by atoms with E-state index in [-0.39, 0.29) is 11.8 Å². The average molecular weight is 425 g/mol. The van der Waals surface area contributed by atoms with Crippen molar-refractivity contribution < 1.29 is 9.53 Å². The van der Waals surface area contributed by atoms with Gasteiger partial charge in [0.05, 0.1) is 12.8 Å². The fourth-order valence-electron chi connectivity index (χ4n) is 4.17. The van der Waals surface area contributed by atoms with Gasteiger partial charge in [0.25, 0.3) is 5.91 Å². The monoisotopic (exact) mass is 425 g/mol. The first kappa shape index (κ1) is 19.8. The van der Waals surface area contributed by atoms with Crippen LogP contribution in [0.2, 0.25) is 0 Å². The van der Waals surface area contributed by atoms with Gasteiger partial charge in [0, 0.05) is 42.0 Å². The predicted molar refractivity (Wildman–Crippen MR) is 123 cm³/mol. The van der Waals surface area contributed by atoms with Crippen molar-refractivity contribution in [3.63, 3.8) is 0 Å². The minimum atomic E-state index is -0.186. The summed E-state index contributed by atoms with van der Waals surface area (Å²) in [5.74, 6) is 0.564. The molecule has 0 aliphatic heterocycles. The van der Waals surface area contributed by atoms with Crippen LogP contribution in [0.25, 0.3) is 16.6 Å². The molecule has 0 aliphatic rings. The van der Waals surface area contributed by atoms with E-state index in [0.717, 1.165) is 27.8 Å². The number of rotatable bonds is 6. The first-order valence-electron chi connectivity index (χ1n) is 10.4. The first-order chi connectivity index (χ1) is 15.7. The number of ether oxygens (including phenoxy) is 1. The van der Waals surface area contributed by atoms with Gasteiger partial charge in [-0.25, -0.2) is 9.50 Å². The highest BCUT2D eigenvalue weighted by Gasteiger charge is 2.22.